The first-order valence-corrected chi connectivity index (χ1v) is 11.8. The number of hydrogen-bond acceptors (Lipinski definition) is 6. The highest BCUT2D eigenvalue weighted by Crippen LogP contribution is 2.26. The zero-order chi connectivity index (χ0) is 22.7. The lowest BCUT2D eigenvalue weighted by molar-refractivity contribution is 0.0913. The van der Waals surface area contributed by atoms with E-state index in [1.807, 2.05) is 0 Å². The van der Waals surface area contributed by atoms with E-state index in [4.69, 9.17) is 4.74 Å². The quantitative estimate of drug-likeness (QED) is 0.681. The van der Waals surface area contributed by atoms with Gasteiger partial charge in [-0.15, -0.1) is 0 Å². The van der Waals surface area contributed by atoms with Crippen LogP contribution in [-0.4, -0.2) is 49.5 Å². The number of carbonyl (C=O) groups excluding carboxylic acids is 2. The van der Waals surface area contributed by atoms with Crippen LogP contribution < -0.4 is 10.9 Å². The molecular weight excluding hydrogens is 434 g/mol. The summed E-state index contributed by atoms with van der Waals surface area (Å²) in [5, 5.41) is 3.54. The van der Waals surface area contributed by atoms with E-state index in [9.17, 15) is 22.8 Å². The molecule has 0 spiro atoms. The third-order valence-electron chi connectivity index (χ3n) is 5.23. The van der Waals surface area contributed by atoms with Crippen LogP contribution in [0.15, 0.2) is 57.6 Å². The van der Waals surface area contributed by atoms with E-state index in [2.05, 4.69) is 10.3 Å². The molecule has 9 nitrogen and oxygen atoms in total. The number of amides is 2. The molecule has 1 aromatic carbocycles. The maximum atomic E-state index is 12.5. The molecule has 2 N–H and O–H groups in total. The van der Waals surface area contributed by atoms with Gasteiger partial charge in [0.2, 0.25) is 0 Å². The van der Waals surface area contributed by atoms with Gasteiger partial charge in [-0.2, -0.15) is 0 Å². The lowest BCUT2D eigenvalue weighted by Gasteiger charge is -2.28. The maximum Gasteiger partial charge on any atom is 0.410 e. The number of benzene rings is 1. The van der Waals surface area contributed by atoms with Gasteiger partial charge in [0.05, 0.1) is 11.4 Å². The normalized spacial score (nSPS) is 15.9. The minimum atomic E-state index is -3.61. The molecule has 1 aromatic heterocycles. The van der Waals surface area contributed by atoms with Crippen LogP contribution in [0.1, 0.15) is 34.5 Å². The average molecular weight is 458 g/mol. The first-order chi connectivity index (χ1) is 15.3. The Balaban J connectivity index is 1.40. The summed E-state index contributed by atoms with van der Waals surface area (Å²) in [7, 11) is -3.61. The molecule has 1 aliphatic carbocycles. The van der Waals surface area contributed by atoms with Crippen molar-refractivity contribution < 1.29 is 22.7 Å². The second-order valence-electron chi connectivity index (χ2n) is 7.71. The van der Waals surface area contributed by atoms with Crippen LogP contribution in [0, 0.1) is 0 Å². The van der Waals surface area contributed by atoms with E-state index in [0.717, 1.165) is 18.2 Å². The van der Waals surface area contributed by atoms with Crippen LogP contribution >= 0.6 is 0 Å². The minimum Gasteiger partial charge on any atom is -0.446 e. The van der Waals surface area contributed by atoms with Crippen molar-refractivity contribution in [3.8, 4) is 0 Å². The fourth-order valence-corrected chi connectivity index (χ4v) is 4.39. The van der Waals surface area contributed by atoms with Gasteiger partial charge >= 0.3 is 6.09 Å². The number of aromatic amines is 1. The average Bonchev–Trinajstić information content (AvgIpc) is 3.60. The summed E-state index contributed by atoms with van der Waals surface area (Å²) in [6.07, 6.45) is 3.15. The van der Waals surface area contributed by atoms with Crippen molar-refractivity contribution in [2.75, 3.05) is 13.1 Å². The first kappa shape index (κ1) is 21.8. The van der Waals surface area contributed by atoms with Gasteiger partial charge in [-0.1, -0.05) is 24.3 Å². The lowest BCUT2D eigenvalue weighted by Crippen LogP contribution is -2.39. The van der Waals surface area contributed by atoms with Crippen LogP contribution in [0.5, 0.6) is 0 Å². The molecule has 32 heavy (non-hydrogen) atoms. The standard InChI is InChI=1S/C22H23N3O6S/c26-20(23-10-4-12-32(29,30)17-5-2-1-3-6-17)18-13-15-14-25(22(28)31-16-7-8-16)11-9-19(15)24-21(18)27/h1-6,12-13,16H,7-11,14H2,(H,23,26)(H,24,27)/b12-4+. The zero-order valence-electron chi connectivity index (χ0n) is 17.2. The van der Waals surface area contributed by atoms with Crippen molar-refractivity contribution in [1.82, 2.24) is 15.2 Å². The molecule has 2 heterocycles. The molecular formula is C22H23N3O6S. The van der Waals surface area contributed by atoms with E-state index in [0.29, 0.717) is 24.2 Å². The highest BCUT2D eigenvalue weighted by atomic mass is 32.2. The van der Waals surface area contributed by atoms with Crippen molar-refractivity contribution >= 4 is 21.8 Å². The van der Waals surface area contributed by atoms with Crippen LogP contribution in [0.3, 0.4) is 0 Å². The monoisotopic (exact) mass is 457 g/mol. The summed E-state index contributed by atoms with van der Waals surface area (Å²) in [5.41, 5.74) is 0.739. The number of sulfone groups is 1. The Morgan fingerprint density at radius 3 is 2.69 bits per heavy atom. The number of aromatic nitrogens is 1. The molecule has 0 radical (unpaired) electrons. The van der Waals surface area contributed by atoms with Crippen molar-refractivity contribution in [1.29, 1.82) is 0 Å². The number of nitrogens with zero attached hydrogens (tertiary/aromatic N) is 1. The second-order valence-corrected chi connectivity index (χ2v) is 9.54. The first-order valence-electron chi connectivity index (χ1n) is 10.3. The predicted octanol–water partition coefficient (Wildman–Crippen LogP) is 1.75. The summed E-state index contributed by atoms with van der Waals surface area (Å²) in [6.45, 7) is 0.606. The number of nitrogens with one attached hydrogen (secondary N) is 2. The van der Waals surface area contributed by atoms with Crippen LogP contribution in [0.25, 0.3) is 0 Å². The molecule has 10 heteroatoms. The fraction of sp³-hybridized carbons (Fsp3) is 0.318. The van der Waals surface area contributed by atoms with Gasteiger partial charge in [-0.3, -0.25) is 9.59 Å². The number of pyridine rings is 1. The van der Waals surface area contributed by atoms with E-state index in [1.54, 1.807) is 23.1 Å². The van der Waals surface area contributed by atoms with Gasteiger partial charge in [-0.05, 0) is 36.6 Å². The van der Waals surface area contributed by atoms with Crippen LogP contribution in [0.4, 0.5) is 4.79 Å². The van der Waals surface area contributed by atoms with Gasteiger partial charge in [0.25, 0.3) is 11.5 Å². The second kappa shape index (κ2) is 8.99. The molecule has 0 atom stereocenters. The molecule has 1 saturated carbocycles. The molecule has 2 aromatic rings. The number of H-pyrrole nitrogens is 1. The van der Waals surface area contributed by atoms with E-state index in [-0.39, 0.29) is 35.7 Å². The third-order valence-corrected chi connectivity index (χ3v) is 6.71. The van der Waals surface area contributed by atoms with Gasteiger partial charge in [-0.25, -0.2) is 13.2 Å². The molecule has 1 aliphatic heterocycles. The summed E-state index contributed by atoms with van der Waals surface area (Å²) >= 11 is 0. The summed E-state index contributed by atoms with van der Waals surface area (Å²) in [5.74, 6) is -0.631. The Bertz CT molecular complexity index is 1220. The Morgan fingerprint density at radius 1 is 1.22 bits per heavy atom. The van der Waals surface area contributed by atoms with E-state index >= 15 is 0 Å². The topological polar surface area (TPSA) is 126 Å². The van der Waals surface area contributed by atoms with Gasteiger partial charge in [0, 0.05) is 30.6 Å². The molecule has 0 bridgehead atoms. The highest BCUT2D eigenvalue weighted by molar-refractivity contribution is 7.94. The Morgan fingerprint density at radius 2 is 1.97 bits per heavy atom. The smallest absolute Gasteiger partial charge is 0.410 e. The third kappa shape index (κ3) is 5.08. The summed E-state index contributed by atoms with van der Waals surface area (Å²) in [6, 6.07) is 9.40. The number of ether oxygens (including phenoxy) is 1. The molecule has 0 saturated heterocycles. The minimum absolute atomic E-state index is 0.000393. The maximum absolute atomic E-state index is 12.5. The zero-order valence-corrected chi connectivity index (χ0v) is 18.1. The van der Waals surface area contributed by atoms with Gasteiger partial charge in [0.15, 0.2) is 9.84 Å². The number of fused-ring (bicyclic) bond motifs is 1. The Hall–Kier alpha value is -3.40. The molecule has 0 unspecified atom stereocenters. The number of hydrogen-bond donors (Lipinski definition) is 2. The SMILES string of the molecule is O=C(NC/C=C/S(=O)(=O)c1ccccc1)c1cc2c([nH]c1=O)CCN(C(=O)OC1CC1)C2. The molecule has 2 amide bonds. The van der Waals surface area contributed by atoms with Gasteiger partial charge in [0.1, 0.15) is 11.7 Å². The highest BCUT2D eigenvalue weighted by Gasteiger charge is 2.30. The van der Waals surface area contributed by atoms with Crippen molar-refractivity contribution in [2.45, 2.75) is 36.8 Å². The van der Waals surface area contributed by atoms with E-state index < -0.39 is 21.3 Å². The predicted molar refractivity (Wildman–Crippen MR) is 116 cm³/mol. The summed E-state index contributed by atoms with van der Waals surface area (Å²) in [4.78, 5) is 41.5. The Kier molecular flexibility index (Phi) is 6.13. The Labute approximate surface area is 185 Å². The number of carbonyl (C=O) groups is 2. The van der Waals surface area contributed by atoms with Crippen molar-refractivity contribution in [3.63, 3.8) is 0 Å². The van der Waals surface area contributed by atoms with Crippen molar-refractivity contribution in [3.05, 3.63) is 75.1 Å². The van der Waals surface area contributed by atoms with Crippen molar-refractivity contribution in [2.24, 2.45) is 0 Å². The summed E-state index contributed by atoms with van der Waals surface area (Å²) < 4.78 is 29.8. The lowest BCUT2D eigenvalue weighted by atomic mass is 10.0. The van der Waals surface area contributed by atoms with Crippen LogP contribution in [-0.2, 0) is 27.5 Å². The molecule has 2 aliphatic rings. The number of rotatable bonds is 6. The van der Waals surface area contributed by atoms with Gasteiger partial charge < -0.3 is 19.9 Å². The van der Waals surface area contributed by atoms with E-state index in [1.165, 1.54) is 24.3 Å². The molecule has 1 fully saturated rings. The molecule has 168 valence electrons. The molecule has 4 rings (SSSR count). The fourth-order valence-electron chi connectivity index (χ4n) is 3.35. The largest absolute Gasteiger partial charge is 0.446 e. The van der Waals surface area contributed by atoms with Crippen LogP contribution in [0.2, 0.25) is 0 Å².